The Kier molecular flexibility index (Phi) is 4.01. The highest BCUT2D eigenvalue weighted by molar-refractivity contribution is 7.99. The number of thioether (sulfide) groups is 1. The summed E-state index contributed by atoms with van der Waals surface area (Å²) < 4.78 is 4.61. The zero-order valence-corrected chi connectivity index (χ0v) is 8.93. The lowest BCUT2D eigenvalue weighted by atomic mass is 9.99. The predicted molar refractivity (Wildman–Crippen MR) is 57.4 cm³/mol. The smallest absolute Gasteiger partial charge is 0.357 e. The first-order valence-corrected chi connectivity index (χ1v) is 5.14. The van der Waals surface area contributed by atoms with Crippen LogP contribution in [-0.2, 0) is 4.74 Å². The molecule has 1 aromatic heterocycles. The Morgan fingerprint density at radius 3 is 3.00 bits per heavy atom. The lowest BCUT2D eigenvalue weighted by Crippen LogP contribution is -2.12. The molecular weight excluding hydrogens is 197 g/mol. The van der Waals surface area contributed by atoms with Crippen LogP contribution in [0, 0.1) is 0 Å². The number of ether oxygens (including phenoxy) is 1. The van der Waals surface area contributed by atoms with Crippen LogP contribution in [-0.4, -0.2) is 31.7 Å². The summed E-state index contributed by atoms with van der Waals surface area (Å²) in [7, 11) is 6.91. The molecule has 0 unspecified atom stereocenters. The molecule has 0 aromatic carbocycles. The van der Waals surface area contributed by atoms with Crippen molar-refractivity contribution in [1.29, 1.82) is 0 Å². The summed E-state index contributed by atoms with van der Waals surface area (Å²) in [6.45, 7) is 1.99. The quantitative estimate of drug-likeness (QED) is 0.417. The summed E-state index contributed by atoms with van der Waals surface area (Å²) in [5, 5.41) is 0. The van der Waals surface area contributed by atoms with Gasteiger partial charge in [-0.05, 0) is 5.75 Å². The molecule has 2 radical (unpaired) electrons. The van der Waals surface area contributed by atoms with E-state index in [-0.39, 0.29) is 0 Å². The summed E-state index contributed by atoms with van der Waals surface area (Å²) in [5.41, 5.74) is 0.877. The summed E-state index contributed by atoms with van der Waals surface area (Å²) in [5.74, 6) is 0.427. The molecule has 3 nitrogen and oxygen atoms in total. The summed E-state index contributed by atoms with van der Waals surface area (Å²) in [4.78, 5) is 16.0. The maximum atomic E-state index is 11.3. The molecule has 0 atom stereocenters. The zero-order chi connectivity index (χ0) is 10.6. The van der Waals surface area contributed by atoms with E-state index in [1.807, 2.05) is 6.92 Å². The summed E-state index contributed by atoms with van der Waals surface area (Å²) >= 11 is 1.52. The molecule has 0 saturated carbocycles. The number of hydrogen-bond acceptors (Lipinski definition) is 4. The molecule has 0 bridgehead atoms. The van der Waals surface area contributed by atoms with Crippen molar-refractivity contribution in [1.82, 2.24) is 4.98 Å². The number of methoxy groups -OCH3 is 1. The van der Waals surface area contributed by atoms with Crippen LogP contribution in [0.5, 0.6) is 0 Å². The van der Waals surface area contributed by atoms with Gasteiger partial charge in [-0.1, -0.05) is 18.5 Å². The van der Waals surface area contributed by atoms with E-state index in [4.69, 9.17) is 7.85 Å². The number of aromatic nitrogens is 1. The van der Waals surface area contributed by atoms with Crippen molar-refractivity contribution in [3.05, 3.63) is 18.0 Å². The van der Waals surface area contributed by atoms with Gasteiger partial charge in [0, 0.05) is 11.1 Å². The van der Waals surface area contributed by atoms with Crippen LogP contribution in [0.2, 0.25) is 0 Å². The first-order chi connectivity index (χ1) is 6.69. The fraction of sp³-hybridized carbons (Fsp3) is 0.333. The molecule has 0 N–H and O–H groups in total. The number of carbonyl (C=O) groups excluding carboxylic acids is 1. The fourth-order valence-corrected chi connectivity index (χ4v) is 1.78. The monoisotopic (exact) mass is 207 g/mol. The van der Waals surface area contributed by atoms with Gasteiger partial charge in [-0.2, -0.15) is 0 Å². The average Bonchev–Trinajstić information content (AvgIpc) is 2.17. The topological polar surface area (TPSA) is 39.2 Å². The molecule has 1 rings (SSSR count). The number of nitrogens with zero attached hydrogens (tertiary/aromatic N) is 1. The first kappa shape index (κ1) is 11.1. The SMILES string of the molecule is [B]c1cnc(C(=O)OC)c(SCC)c1. The molecule has 72 valence electrons. The average molecular weight is 207 g/mol. The Balaban J connectivity index is 3.07. The maximum Gasteiger partial charge on any atom is 0.357 e. The molecule has 5 heteroatoms. The maximum absolute atomic E-state index is 11.3. The van der Waals surface area contributed by atoms with Crippen molar-refractivity contribution >= 4 is 31.0 Å². The van der Waals surface area contributed by atoms with Crippen LogP contribution in [0.4, 0.5) is 0 Å². The second-order valence-electron chi connectivity index (χ2n) is 2.54. The zero-order valence-electron chi connectivity index (χ0n) is 8.11. The predicted octanol–water partition coefficient (Wildman–Crippen LogP) is 0.774. The molecular formula is C9H10BNO2S. The number of pyridine rings is 1. The number of carbonyl (C=O) groups is 1. The molecule has 0 aliphatic heterocycles. The molecule has 1 heterocycles. The minimum atomic E-state index is -0.430. The van der Waals surface area contributed by atoms with Crippen LogP contribution >= 0.6 is 11.8 Å². The number of esters is 1. The molecule has 0 amide bonds. The normalized spacial score (nSPS) is 9.86. The molecule has 14 heavy (non-hydrogen) atoms. The minimum Gasteiger partial charge on any atom is -0.464 e. The van der Waals surface area contributed by atoms with Gasteiger partial charge in [0.1, 0.15) is 7.85 Å². The second-order valence-corrected chi connectivity index (χ2v) is 3.85. The van der Waals surface area contributed by atoms with Gasteiger partial charge in [-0.25, -0.2) is 9.78 Å². The van der Waals surface area contributed by atoms with E-state index in [0.29, 0.717) is 11.2 Å². The minimum absolute atomic E-state index is 0.327. The van der Waals surface area contributed by atoms with E-state index in [2.05, 4.69) is 9.72 Å². The Morgan fingerprint density at radius 2 is 2.43 bits per heavy atom. The highest BCUT2D eigenvalue weighted by atomic mass is 32.2. The van der Waals surface area contributed by atoms with Gasteiger partial charge >= 0.3 is 5.97 Å². The van der Waals surface area contributed by atoms with Gasteiger partial charge in [0.2, 0.25) is 0 Å². The number of rotatable bonds is 3. The van der Waals surface area contributed by atoms with Gasteiger partial charge < -0.3 is 4.74 Å². The van der Waals surface area contributed by atoms with E-state index < -0.39 is 5.97 Å². The van der Waals surface area contributed by atoms with Crippen molar-refractivity contribution in [3.8, 4) is 0 Å². The highest BCUT2D eigenvalue weighted by Crippen LogP contribution is 2.19. The van der Waals surface area contributed by atoms with Crippen molar-refractivity contribution in [2.75, 3.05) is 12.9 Å². The van der Waals surface area contributed by atoms with Crippen LogP contribution in [0.15, 0.2) is 17.2 Å². The van der Waals surface area contributed by atoms with Crippen LogP contribution in [0.25, 0.3) is 0 Å². The van der Waals surface area contributed by atoms with Gasteiger partial charge in [0.25, 0.3) is 0 Å². The highest BCUT2D eigenvalue weighted by Gasteiger charge is 2.13. The summed E-state index contributed by atoms with van der Waals surface area (Å²) in [6.07, 6.45) is 1.45. The Labute approximate surface area is 88.7 Å². The van der Waals surface area contributed by atoms with Crippen LogP contribution in [0.3, 0.4) is 0 Å². The third-order valence-electron chi connectivity index (χ3n) is 1.55. The van der Waals surface area contributed by atoms with Crippen molar-refractivity contribution in [2.24, 2.45) is 0 Å². The molecule has 1 aromatic rings. The van der Waals surface area contributed by atoms with Gasteiger partial charge in [0.05, 0.1) is 7.11 Å². The van der Waals surface area contributed by atoms with Crippen LogP contribution < -0.4 is 5.46 Å². The Bertz CT molecular complexity index is 344. The number of hydrogen-bond donors (Lipinski definition) is 0. The van der Waals surface area contributed by atoms with Gasteiger partial charge in [-0.15, -0.1) is 11.8 Å². The lowest BCUT2D eigenvalue weighted by molar-refractivity contribution is 0.0590. The Morgan fingerprint density at radius 1 is 1.71 bits per heavy atom. The van der Waals surface area contributed by atoms with Gasteiger partial charge in [0.15, 0.2) is 5.69 Å². The van der Waals surface area contributed by atoms with Crippen molar-refractivity contribution in [3.63, 3.8) is 0 Å². The van der Waals surface area contributed by atoms with E-state index in [1.54, 1.807) is 6.07 Å². The third-order valence-corrected chi connectivity index (χ3v) is 2.46. The Hall–Kier alpha value is -0.965. The first-order valence-electron chi connectivity index (χ1n) is 4.15. The van der Waals surface area contributed by atoms with Crippen LogP contribution in [0.1, 0.15) is 17.4 Å². The molecule has 0 fully saturated rings. The third kappa shape index (κ3) is 2.51. The standard InChI is InChI=1S/C9H10BNO2S/c1-3-14-7-4-6(10)5-11-8(7)9(12)13-2/h4-5H,3H2,1-2H3. The van der Waals surface area contributed by atoms with Gasteiger partial charge in [-0.3, -0.25) is 0 Å². The summed E-state index contributed by atoms with van der Waals surface area (Å²) in [6, 6.07) is 1.73. The largest absolute Gasteiger partial charge is 0.464 e. The van der Waals surface area contributed by atoms with E-state index in [0.717, 1.165) is 10.6 Å². The molecule has 0 aliphatic carbocycles. The second kappa shape index (κ2) is 5.05. The lowest BCUT2D eigenvalue weighted by Gasteiger charge is -2.06. The molecule has 0 spiro atoms. The molecule has 0 aliphatic rings. The van der Waals surface area contributed by atoms with Crippen molar-refractivity contribution in [2.45, 2.75) is 11.8 Å². The molecule has 0 saturated heterocycles. The van der Waals surface area contributed by atoms with E-state index >= 15 is 0 Å². The van der Waals surface area contributed by atoms with Crippen molar-refractivity contribution < 1.29 is 9.53 Å². The van der Waals surface area contributed by atoms with E-state index in [1.165, 1.54) is 25.1 Å². The van der Waals surface area contributed by atoms with E-state index in [9.17, 15) is 4.79 Å². The fourth-order valence-electron chi connectivity index (χ4n) is 0.975.